The molecule has 1 heterocycles. The van der Waals surface area contributed by atoms with E-state index >= 15 is 0 Å². The zero-order valence-corrected chi connectivity index (χ0v) is 20.4. The maximum Gasteiger partial charge on any atom is 0.328 e. The second-order valence-corrected chi connectivity index (χ2v) is 8.20. The van der Waals surface area contributed by atoms with E-state index in [0.717, 1.165) is 17.0 Å². The molecule has 1 N–H and O–H groups in total. The van der Waals surface area contributed by atoms with Gasteiger partial charge in [0.2, 0.25) is 0 Å². The third-order valence-electron chi connectivity index (χ3n) is 4.71. The lowest BCUT2D eigenvalue weighted by Crippen LogP contribution is -2.41. The molecule has 2 aromatic carbocycles. The quantitative estimate of drug-likeness (QED) is 0.407. The number of carbonyl (C=O) groups excluding carboxylic acids is 2. The first kappa shape index (κ1) is 25.2. The summed E-state index contributed by atoms with van der Waals surface area (Å²) < 4.78 is 10.5. The minimum Gasteiger partial charge on any atom is -0.467 e. The van der Waals surface area contributed by atoms with Crippen LogP contribution in [0.15, 0.2) is 54.6 Å². The molecular formula is C25H23Cl2N3O4. The van der Waals surface area contributed by atoms with Crippen molar-refractivity contribution in [1.82, 2.24) is 15.3 Å². The van der Waals surface area contributed by atoms with Crippen LogP contribution in [0.4, 0.5) is 0 Å². The predicted octanol–water partition coefficient (Wildman–Crippen LogP) is 5.57. The fraction of sp³-hybridized carbons (Fsp3) is 0.200. The fourth-order valence-electron chi connectivity index (χ4n) is 3.13. The monoisotopic (exact) mass is 499 g/mol. The maximum atomic E-state index is 12.6. The standard InChI is InChI=1S/C25H23Cl2N3O4/c1-15-14-16(2)29-25(28-15)34-18-12-10-17(11-13-18)6-4-9-21(24(32)33-3)30-23(31)22-19(26)7-5-8-20(22)27/h4-8,10-14,21H,9H2,1-3H3,(H,30,31). The first-order valence-corrected chi connectivity index (χ1v) is 11.1. The first-order valence-electron chi connectivity index (χ1n) is 10.4. The molecule has 176 valence electrons. The Balaban J connectivity index is 1.65. The molecule has 0 bridgehead atoms. The Labute approximate surface area is 207 Å². The van der Waals surface area contributed by atoms with E-state index in [9.17, 15) is 9.59 Å². The Kier molecular flexibility index (Phi) is 8.62. The molecule has 3 aromatic rings. The van der Waals surface area contributed by atoms with Crippen molar-refractivity contribution in [2.24, 2.45) is 0 Å². The third-order valence-corrected chi connectivity index (χ3v) is 5.34. The molecule has 9 heteroatoms. The van der Waals surface area contributed by atoms with Gasteiger partial charge in [-0.2, -0.15) is 0 Å². The number of aromatic nitrogens is 2. The second-order valence-electron chi connectivity index (χ2n) is 7.39. The molecule has 1 unspecified atom stereocenters. The normalized spacial score (nSPS) is 11.8. The highest BCUT2D eigenvalue weighted by Gasteiger charge is 2.23. The van der Waals surface area contributed by atoms with Crippen molar-refractivity contribution >= 4 is 41.2 Å². The van der Waals surface area contributed by atoms with Crippen LogP contribution in [0.25, 0.3) is 6.08 Å². The largest absolute Gasteiger partial charge is 0.467 e. The number of rotatable bonds is 8. The summed E-state index contributed by atoms with van der Waals surface area (Å²) in [5.74, 6) is -0.550. The van der Waals surface area contributed by atoms with Gasteiger partial charge in [-0.15, -0.1) is 0 Å². The number of amides is 1. The molecule has 0 fully saturated rings. The van der Waals surface area contributed by atoms with Gasteiger partial charge in [-0.3, -0.25) is 4.79 Å². The van der Waals surface area contributed by atoms with Crippen LogP contribution in [0.2, 0.25) is 10.0 Å². The summed E-state index contributed by atoms with van der Waals surface area (Å²) in [7, 11) is 1.26. The summed E-state index contributed by atoms with van der Waals surface area (Å²) in [6.07, 6.45) is 3.79. The van der Waals surface area contributed by atoms with Crippen molar-refractivity contribution in [3.63, 3.8) is 0 Å². The van der Waals surface area contributed by atoms with Crippen LogP contribution in [0.5, 0.6) is 11.8 Å². The molecule has 1 aromatic heterocycles. The van der Waals surface area contributed by atoms with Crippen molar-refractivity contribution in [3.05, 3.63) is 87.2 Å². The Hall–Kier alpha value is -3.42. The number of methoxy groups -OCH3 is 1. The highest BCUT2D eigenvalue weighted by molar-refractivity contribution is 6.39. The van der Waals surface area contributed by atoms with E-state index in [0.29, 0.717) is 5.75 Å². The molecule has 0 saturated carbocycles. The summed E-state index contributed by atoms with van der Waals surface area (Å²) in [4.78, 5) is 33.4. The number of halogens is 2. The molecule has 0 aliphatic carbocycles. The zero-order chi connectivity index (χ0) is 24.7. The summed E-state index contributed by atoms with van der Waals surface area (Å²) in [5.41, 5.74) is 2.63. The average molecular weight is 500 g/mol. The van der Waals surface area contributed by atoms with Crippen LogP contribution in [0.1, 0.15) is 33.7 Å². The second kappa shape index (κ2) is 11.6. The first-order chi connectivity index (χ1) is 16.3. The average Bonchev–Trinajstić information content (AvgIpc) is 2.78. The van der Waals surface area contributed by atoms with Gasteiger partial charge in [0.05, 0.1) is 22.7 Å². The molecule has 0 aliphatic heterocycles. The number of hydrogen-bond acceptors (Lipinski definition) is 6. The number of benzene rings is 2. The van der Waals surface area contributed by atoms with Gasteiger partial charge in [0.1, 0.15) is 11.8 Å². The maximum absolute atomic E-state index is 12.6. The van der Waals surface area contributed by atoms with E-state index in [2.05, 4.69) is 15.3 Å². The van der Waals surface area contributed by atoms with Gasteiger partial charge in [0.25, 0.3) is 5.91 Å². The molecule has 34 heavy (non-hydrogen) atoms. The van der Waals surface area contributed by atoms with Gasteiger partial charge in [-0.05, 0) is 56.2 Å². The molecular weight excluding hydrogens is 477 g/mol. The fourth-order valence-corrected chi connectivity index (χ4v) is 3.70. The lowest BCUT2D eigenvalue weighted by atomic mass is 10.1. The number of hydrogen-bond donors (Lipinski definition) is 1. The summed E-state index contributed by atoms with van der Waals surface area (Å²) in [6.45, 7) is 3.75. The van der Waals surface area contributed by atoms with Crippen LogP contribution >= 0.6 is 23.2 Å². The minimum atomic E-state index is -0.912. The number of esters is 1. The molecule has 0 spiro atoms. The number of ether oxygens (including phenoxy) is 2. The van der Waals surface area contributed by atoms with Gasteiger partial charge in [0, 0.05) is 11.4 Å². The Bertz CT molecular complexity index is 1170. The molecule has 3 rings (SSSR count). The van der Waals surface area contributed by atoms with E-state index in [1.54, 1.807) is 36.4 Å². The summed E-state index contributed by atoms with van der Waals surface area (Å²) in [6, 6.07) is 13.3. The number of nitrogens with zero attached hydrogens (tertiary/aromatic N) is 2. The molecule has 0 saturated heterocycles. The molecule has 1 amide bonds. The lowest BCUT2D eigenvalue weighted by molar-refractivity contribution is -0.142. The molecule has 0 aliphatic rings. The topological polar surface area (TPSA) is 90.4 Å². The van der Waals surface area contributed by atoms with Crippen molar-refractivity contribution < 1.29 is 19.1 Å². The van der Waals surface area contributed by atoms with Gasteiger partial charge in [0.15, 0.2) is 0 Å². The third kappa shape index (κ3) is 6.79. The van der Waals surface area contributed by atoms with Gasteiger partial charge in [-0.1, -0.05) is 53.6 Å². The van der Waals surface area contributed by atoms with E-state index in [1.807, 2.05) is 38.1 Å². The number of aryl methyl sites for hydroxylation is 2. The summed E-state index contributed by atoms with van der Waals surface area (Å²) >= 11 is 12.2. The highest BCUT2D eigenvalue weighted by Crippen LogP contribution is 2.24. The van der Waals surface area contributed by atoms with E-state index in [1.165, 1.54) is 7.11 Å². The van der Waals surface area contributed by atoms with Crippen LogP contribution in [-0.2, 0) is 9.53 Å². The number of carbonyl (C=O) groups is 2. The SMILES string of the molecule is COC(=O)C(CC=Cc1ccc(Oc2nc(C)cc(C)n2)cc1)NC(=O)c1c(Cl)cccc1Cl. The smallest absolute Gasteiger partial charge is 0.328 e. The Morgan fingerprint density at radius 2 is 1.65 bits per heavy atom. The predicted molar refractivity (Wildman–Crippen MR) is 131 cm³/mol. The molecule has 0 radical (unpaired) electrons. The van der Waals surface area contributed by atoms with Crippen molar-refractivity contribution in [2.75, 3.05) is 7.11 Å². The van der Waals surface area contributed by atoms with Crippen molar-refractivity contribution in [3.8, 4) is 11.8 Å². The van der Waals surface area contributed by atoms with Gasteiger partial charge in [-0.25, -0.2) is 14.8 Å². The summed E-state index contributed by atoms with van der Waals surface area (Å²) in [5, 5.41) is 3.01. The van der Waals surface area contributed by atoms with Crippen molar-refractivity contribution in [2.45, 2.75) is 26.3 Å². The highest BCUT2D eigenvalue weighted by atomic mass is 35.5. The molecule has 1 atom stereocenters. The van der Waals surface area contributed by atoms with Crippen LogP contribution in [-0.4, -0.2) is 35.0 Å². The van der Waals surface area contributed by atoms with Gasteiger partial charge >= 0.3 is 12.0 Å². The minimum absolute atomic E-state index is 0.104. The van der Waals surface area contributed by atoms with Crippen LogP contribution in [0, 0.1) is 13.8 Å². The zero-order valence-electron chi connectivity index (χ0n) is 18.8. The number of nitrogens with one attached hydrogen (secondary N) is 1. The van der Waals surface area contributed by atoms with Crippen LogP contribution < -0.4 is 10.1 Å². The van der Waals surface area contributed by atoms with Gasteiger partial charge < -0.3 is 14.8 Å². The van der Waals surface area contributed by atoms with E-state index in [-0.39, 0.29) is 28.0 Å². The van der Waals surface area contributed by atoms with Crippen molar-refractivity contribution in [1.29, 1.82) is 0 Å². The Morgan fingerprint density at radius 1 is 1.03 bits per heavy atom. The Morgan fingerprint density at radius 3 is 2.24 bits per heavy atom. The van der Waals surface area contributed by atoms with E-state index in [4.69, 9.17) is 32.7 Å². The van der Waals surface area contributed by atoms with E-state index < -0.39 is 17.9 Å². The molecule has 7 nitrogen and oxygen atoms in total. The lowest BCUT2D eigenvalue weighted by Gasteiger charge is -2.16. The van der Waals surface area contributed by atoms with Crippen LogP contribution in [0.3, 0.4) is 0 Å².